The third kappa shape index (κ3) is 2.34. The zero-order chi connectivity index (χ0) is 13.1. The minimum Gasteiger partial charge on any atom is -0.477 e. The first-order chi connectivity index (χ1) is 8.58. The number of carbonyl (C=O) groups excluding carboxylic acids is 1. The van der Waals surface area contributed by atoms with E-state index in [9.17, 15) is 9.59 Å². The number of anilines is 1. The summed E-state index contributed by atoms with van der Waals surface area (Å²) in [5.74, 6) is -1.51. The topological polar surface area (TPSA) is 97.1 Å². The van der Waals surface area contributed by atoms with Crippen molar-refractivity contribution in [1.82, 2.24) is 14.8 Å². The van der Waals surface area contributed by atoms with Gasteiger partial charge in [0.05, 0.1) is 0 Å². The van der Waals surface area contributed by atoms with Crippen LogP contribution >= 0.6 is 0 Å². The summed E-state index contributed by atoms with van der Waals surface area (Å²) in [6.07, 6.45) is 2.83. The van der Waals surface area contributed by atoms with E-state index < -0.39 is 5.97 Å². The molecule has 0 saturated carbocycles. The standard InChI is InChI=1S/C11H10N4O3/c1-15-9(3-5-13-15)10(16)14-7-2-4-12-8(6-7)11(17)18/h2-6H,1H3,(H,17,18)(H,12,14,16). The summed E-state index contributed by atoms with van der Waals surface area (Å²) in [6.45, 7) is 0. The lowest BCUT2D eigenvalue weighted by Gasteiger charge is -2.05. The van der Waals surface area contributed by atoms with Crippen LogP contribution in [-0.4, -0.2) is 31.7 Å². The van der Waals surface area contributed by atoms with Crippen molar-refractivity contribution in [2.75, 3.05) is 5.32 Å². The normalized spacial score (nSPS) is 10.1. The van der Waals surface area contributed by atoms with E-state index in [0.717, 1.165) is 0 Å². The Morgan fingerprint density at radius 3 is 2.72 bits per heavy atom. The molecule has 0 unspecified atom stereocenters. The average Bonchev–Trinajstić information content (AvgIpc) is 2.76. The van der Waals surface area contributed by atoms with Crippen molar-refractivity contribution >= 4 is 17.6 Å². The fourth-order valence-corrected chi connectivity index (χ4v) is 1.42. The Morgan fingerprint density at radius 1 is 1.33 bits per heavy atom. The Labute approximate surface area is 102 Å². The van der Waals surface area contributed by atoms with Gasteiger partial charge in [0.2, 0.25) is 0 Å². The van der Waals surface area contributed by atoms with Crippen LogP contribution in [0.1, 0.15) is 21.0 Å². The Hall–Kier alpha value is -2.70. The first-order valence-electron chi connectivity index (χ1n) is 5.06. The predicted molar refractivity (Wildman–Crippen MR) is 62.4 cm³/mol. The van der Waals surface area contributed by atoms with Crippen LogP contribution in [0, 0.1) is 0 Å². The molecule has 0 aliphatic heterocycles. The number of hydrogen-bond acceptors (Lipinski definition) is 4. The summed E-state index contributed by atoms with van der Waals surface area (Å²) in [4.78, 5) is 26.2. The van der Waals surface area contributed by atoms with E-state index >= 15 is 0 Å². The molecule has 0 aliphatic rings. The highest BCUT2D eigenvalue weighted by molar-refractivity contribution is 6.03. The number of aromatic carboxylic acids is 1. The fraction of sp³-hybridized carbons (Fsp3) is 0.0909. The molecular formula is C11H10N4O3. The molecule has 0 spiro atoms. The van der Waals surface area contributed by atoms with E-state index in [4.69, 9.17) is 5.11 Å². The Kier molecular flexibility index (Phi) is 3.05. The smallest absolute Gasteiger partial charge is 0.354 e. The van der Waals surface area contributed by atoms with Crippen molar-refractivity contribution in [3.63, 3.8) is 0 Å². The van der Waals surface area contributed by atoms with E-state index in [1.54, 1.807) is 13.1 Å². The molecule has 2 aromatic rings. The van der Waals surface area contributed by atoms with Gasteiger partial charge in [0.15, 0.2) is 0 Å². The molecular weight excluding hydrogens is 236 g/mol. The van der Waals surface area contributed by atoms with Gasteiger partial charge in [0.1, 0.15) is 11.4 Å². The van der Waals surface area contributed by atoms with Crippen LogP contribution in [-0.2, 0) is 7.05 Å². The molecule has 2 heterocycles. The number of carboxylic acid groups (broad SMARTS) is 1. The molecule has 7 heteroatoms. The highest BCUT2D eigenvalue weighted by Crippen LogP contribution is 2.10. The van der Waals surface area contributed by atoms with Gasteiger partial charge in [0, 0.05) is 25.1 Å². The predicted octanol–water partition coefficient (Wildman–Crippen LogP) is 0.766. The highest BCUT2D eigenvalue weighted by atomic mass is 16.4. The molecule has 0 aromatic carbocycles. The molecule has 0 aliphatic carbocycles. The Morgan fingerprint density at radius 2 is 2.11 bits per heavy atom. The fourth-order valence-electron chi connectivity index (χ4n) is 1.42. The number of pyridine rings is 1. The van der Waals surface area contributed by atoms with Crippen LogP contribution in [0.4, 0.5) is 5.69 Å². The van der Waals surface area contributed by atoms with Crippen LogP contribution in [0.25, 0.3) is 0 Å². The van der Waals surface area contributed by atoms with Gasteiger partial charge in [-0.15, -0.1) is 0 Å². The maximum absolute atomic E-state index is 11.8. The second kappa shape index (κ2) is 4.66. The molecule has 2 rings (SSSR count). The third-order valence-electron chi connectivity index (χ3n) is 2.29. The van der Waals surface area contributed by atoms with Crippen molar-refractivity contribution in [2.45, 2.75) is 0 Å². The minimum atomic E-state index is -1.15. The molecule has 0 saturated heterocycles. The van der Waals surface area contributed by atoms with Gasteiger partial charge < -0.3 is 10.4 Å². The number of hydrogen-bond donors (Lipinski definition) is 2. The van der Waals surface area contributed by atoms with Crippen molar-refractivity contribution in [3.05, 3.63) is 42.0 Å². The number of rotatable bonds is 3. The number of amides is 1. The number of carbonyl (C=O) groups is 2. The molecule has 0 atom stereocenters. The number of aryl methyl sites for hydroxylation is 1. The van der Waals surface area contributed by atoms with E-state index in [2.05, 4.69) is 15.4 Å². The molecule has 2 aromatic heterocycles. The Bertz CT molecular complexity index is 606. The van der Waals surface area contributed by atoms with Crippen LogP contribution in [0.3, 0.4) is 0 Å². The molecule has 1 amide bonds. The summed E-state index contributed by atoms with van der Waals surface area (Å²) in [5.41, 5.74) is 0.620. The maximum atomic E-state index is 11.8. The van der Waals surface area contributed by atoms with E-state index in [1.807, 2.05) is 0 Å². The van der Waals surface area contributed by atoms with Crippen LogP contribution in [0.15, 0.2) is 30.6 Å². The first-order valence-corrected chi connectivity index (χ1v) is 5.06. The zero-order valence-electron chi connectivity index (χ0n) is 9.49. The van der Waals surface area contributed by atoms with E-state index in [1.165, 1.54) is 29.2 Å². The molecule has 7 nitrogen and oxygen atoms in total. The largest absolute Gasteiger partial charge is 0.477 e. The Balaban J connectivity index is 2.20. The van der Waals surface area contributed by atoms with Gasteiger partial charge in [-0.1, -0.05) is 0 Å². The number of nitrogens with zero attached hydrogens (tertiary/aromatic N) is 3. The summed E-state index contributed by atoms with van der Waals surface area (Å²) in [6, 6.07) is 4.37. The quantitative estimate of drug-likeness (QED) is 0.833. The van der Waals surface area contributed by atoms with Crippen molar-refractivity contribution in [1.29, 1.82) is 0 Å². The van der Waals surface area contributed by atoms with Crippen molar-refractivity contribution in [3.8, 4) is 0 Å². The lowest BCUT2D eigenvalue weighted by molar-refractivity contribution is 0.0690. The average molecular weight is 246 g/mol. The lowest BCUT2D eigenvalue weighted by atomic mass is 10.3. The lowest BCUT2D eigenvalue weighted by Crippen LogP contribution is -2.16. The SMILES string of the molecule is Cn1nccc1C(=O)Nc1ccnc(C(=O)O)c1. The number of carboxylic acids is 1. The number of nitrogens with one attached hydrogen (secondary N) is 1. The maximum Gasteiger partial charge on any atom is 0.354 e. The molecule has 0 fully saturated rings. The number of aromatic nitrogens is 3. The summed E-state index contributed by atoms with van der Waals surface area (Å²) in [7, 11) is 1.64. The first kappa shape index (κ1) is 11.8. The minimum absolute atomic E-state index is 0.127. The second-order valence-corrected chi connectivity index (χ2v) is 3.53. The van der Waals surface area contributed by atoms with Gasteiger partial charge in [-0.3, -0.25) is 9.48 Å². The summed E-state index contributed by atoms with van der Waals surface area (Å²) < 4.78 is 1.43. The van der Waals surface area contributed by atoms with Gasteiger partial charge in [-0.25, -0.2) is 9.78 Å². The second-order valence-electron chi connectivity index (χ2n) is 3.53. The molecule has 2 N–H and O–H groups in total. The van der Waals surface area contributed by atoms with E-state index in [0.29, 0.717) is 11.4 Å². The van der Waals surface area contributed by atoms with Crippen LogP contribution in [0.2, 0.25) is 0 Å². The third-order valence-corrected chi connectivity index (χ3v) is 2.29. The van der Waals surface area contributed by atoms with Crippen molar-refractivity contribution in [2.24, 2.45) is 7.05 Å². The van der Waals surface area contributed by atoms with Gasteiger partial charge in [-0.05, 0) is 18.2 Å². The van der Waals surface area contributed by atoms with Gasteiger partial charge in [-0.2, -0.15) is 5.10 Å². The van der Waals surface area contributed by atoms with Crippen LogP contribution < -0.4 is 5.32 Å². The monoisotopic (exact) mass is 246 g/mol. The molecule has 18 heavy (non-hydrogen) atoms. The van der Waals surface area contributed by atoms with Crippen LogP contribution in [0.5, 0.6) is 0 Å². The van der Waals surface area contributed by atoms with E-state index in [-0.39, 0.29) is 11.6 Å². The van der Waals surface area contributed by atoms with Gasteiger partial charge >= 0.3 is 5.97 Å². The van der Waals surface area contributed by atoms with Gasteiger partial charge in [0.25, 0.3) is 5.91 Å². The molecule has 92 valence electrons. The molecule has 0 bridgehead atoms. The van der Waals surface area contributed by atoms with Crippen molar-refractivity contribution < 1.29 is 14.7 Å². The summed E-state index contributed by atoms with van der Waals surface area (Å²) in [5, 5.41) is 15.2. The summed E-state index contributed by atoms with van der Waals surface area (Å²) >= 11 is 0. The highest BCUT2D eigenvalue weighted by Gasteiger charge is 2.11. The zero-order valence-corrected chi connectivity index (χ0v) is 9.49. The molecule has 0 radical (unpaired) electrons.